The van der Waals surface area contributed by atoms with Gasteiger partial charge < -0.3 is 14.9 Å². The number of piperidine rings is 1. The molecule has 0 radical (unpaired) electrons. The van der Waals surface area contributed by atoms with Crippen molar-refractivity contribution in [2.24, 2.45) is 5.92 Å². The highest BCUT2D eigenvalue weighted by Gasteiger charge is 2.24. The Morgan fingerprint density at radius 1 is 1.18 bits per heavy atom. The molecule has 1 atom stereocenters. The second kappa shape index (κ2) is 7.27. The van der Waals surface area contributed by atoms with Gasteiger partial charge in [-0.15, -0.1) is 0 Å². The molecule has 122 valence electrons. The Bertz CT molecular complexity index is 475. The fourth-order valence-electron chi connectivity index (χ4n) is 3.87. The molecule has 2 aliphatic rings. The first-order chi connectivity index (χ1) is 10.8. The molecule has 0 spiro atoms. The smallest absolute Gasteiger partial charge is 0.134 e. The molecule has 1 saturated heterocycles. The summed E-state index contributed by atoms with van der Waals surface area (Å²) in [6, 6.07) is 2.29. The number of aliphatic hydroxyl groups excluding tert-OH is 1. The predicted molar refractivity (Wildman–Crippen MR) is 89.3 cm³/mol. The van der Waals surface area contributed by atoms with Crippen molar-refractivity contribution in [3.63, 3.8) is 0 Å². The van der Waals surface area contributed by atoms with Crippen molar-refractivity contribution in [2.45, 2.75) is 51.0 Å². The number of rotatable bonds is 5. The maximum absolute atomic E-state index is 9.60. The predicted octanol–water partition coefficient (Wildman–Crippen LogP) is 2.45. The highest BCUT2D eigenvalue weighted by Crippen LogP contribution is 2.28. The second-order valence-electron chi connectivity index (χ2n) is 6.79. The van der Waals surface area contributed by atoms with E-state index in [9.17, 15) is 5.11 Å². The first-order valence-corrected chi connectivity index (χ1v) is 8.68. The topological polar surface area (TPSA) is 52.5 Å². The number of aromatic nitrogens is 2. The van der Waals surface area contributed by atoms with Gasteiger partial charge in [0, 0.05) is 26.2 Å². The van der Waals surface area contributed by atoms with Gasteiger partial charge >= 0.3 is 0 Å². The van der Waals surface area contributed by atoms with Crippen molar-refractivity contribution in [2.75, 3.05) is 36.5 Å². The van der Waals surface area contributed by atoms with E-state index in [4.69, 9.17) is 0 Å². The van der Waals surface area contributed by atoms with Gasteiger partial charge in [0.25, 0.3) is 0 Å². The maximum Gasteiger partial charge on any atom is 0.134 e. The van der Waals surface area contributed by atoms with Crippen LogP contribution < -0.4 is 9.80 Å². The van der Waals surface area contributed by atoms with Gasteiger partial charge in [0.2, 0.25) is 0 Å². The Kier molecular flexibility index (Phi) is 5.13. The minimum Gasteiger partial charge on any atom is -0.394 e. The summed E-state index contributed by atoms with van der Waals surface area (Å²) < 4.78 is 0. The van der Waals surface area contributed by atoms with Crippen molar-refractivity contribution in [3.8, 4) is 0 Å². The van der Waals surface area contributed by atoms with Crippen molar-refractivity contribution in [3.05, 3.63) is 12.4 Å². The van der Waals surface area contributed by atoms with Crippen LogP contribution in [0.5, 0.6) is 0 Å². The molecule has 1 unspecified atom stereocenters. The van der Waals surface area contributed by atoms with Gasteiger partial charge in [-0.1, -0.05) is 12.8 Å². The van der Waals surface area contributed by atoms with Gasteiger partial charge in [0.1, 0.15) is 18.0 Å². The van der Waals surface area contributed by atoms with Crippen LogP contribution in [-0.4, -0.2) is 47.9 Å². The minimum absolute atomic E-state index is 0.205. The minimum atomic E-state index is 0.205. The summed E-state index contributed by atoms with van der Waals surface area (Å²) in [4.78, 5) is 13.4. The van der Waals surface area contributed by atoms with E-state index in [-0.39, 0.29) is 12.6 Å². The maximum atomic E-state index is 9.60. The summed E-state index contributed by atoms with van der Waals surface area (Å²) in [6.07, 6.45) is 10.5. The lowest BCUT2D eigenvalue weighted by atomic mass is 10.0. The highest BCUT2D eigenvalue weighted by atomic mass is 16.3. The average Bonchev–Trinajstić information content (AvgIpc) is 3.08. The van der Waals surface area contributed by atoms with Crippen LogP contribution in [0.4, 0.5) is 11.6 Å². The molecule has 2 fully saturated rings. The third-order valence-corrected chi connectivity index (χ3v) is 5.17. The highest BCUT2D eigenvalue weighted by molar-refractivity contribution is 5.50. The number of nitrogens with zero attached hydrogens (tertiary/aromatic N) is 4. The summed E-state index contributed by atoms with van der Waals surface area (Å²) in [5, 5.41) is 9.60. The molecule has 1 aromatic rings. The van der Waals surface area contributed by atoms with Gasteiger partial charge in [-0.2, -0.15) is 0 Å². The van der Waals surface area contributed by atoms with Crippen LogP contribution in [-0.2, 0) is 0 Å². The average molecular weight is 304 g/mol. The van der Waals surface area contributed by atoms with Crippen LogP contribution in [0.2, 0.25) is 0 Å². The van der Waals surface area contributed by atoms with E-state index in [0.717, 1.165) is 37.1 Å². The first kappa shape index (κ1) is 15.5. The van der Waals surface area contributed by atoms with Crippen LogP contribution >= 0.6 is 0 Å². The standard InChI is InChI=1S/C17H28N4O/c1-20(11-14-6-2-3-7-14)16-10-17(19-13-18-16)21-9-5-4-8-15(21)12-22/h10,13-15,22H,2-9,11-12H2,1H3. The zero-order valence-corrected chi connectivity index (χ0v) is 13.6. The number of anilines is 2. The van der Waals surface area contributed by atoms with E-state index < -0.39 is 0 Å². The molecule has 3 rings (SSSR count). The van der Waals surface area contributed by atoms with Crippen LogP contribution in [0, 0.1) is 5.92 Å². The molecular formula is C17H28N4O. The van der Waals surface area contributed by atoms with Crippen molar-refractivity contribution in [1.82, 2.24) is 9.97 Å². The largest absolute Gasteiger partial charge is 0.394 e. The monoisotopic (exact) mass is 304 g/mol. The van der Waals surface area contributed by atoms with Gasteiger partial charge in [-0.3, -0.25) is 0 Å². The van der Waals surface area contributed by atoms with Crippen molar-refractivity contribution in [1.29, 1.82) is 0 Å². The van der Waals surface area contributed by atoms with Gasteiger partial charge in [-0.25, -0.2) is 9.97 Å². The molecular weight excluding hydrogens is 276 g/mol. The second-order valence-corrected chi connectivity index (χ2v) is 6.79. The van der Waals surface area contributed by atoms with E-state index in [0.29, 0.717) is 0 Å². The fourth-order valence-corrected chi connectivity index (χ4v) is 3.87. The summed E-state index contributed by atoms with van der Waals surface area (Å²) in [7, 11) is 2.13. The lowest BCUT2D eigenvalue weighted by Gasteiger charge is -2.35. The van der Waals surface area contributed by atoms with Crippen LogP contribution in [0.3, 0.4) is 0 Å². The van der Waals surface area contributed by atoms with E-state index in [1.165, 1.54) is 38.5 Å². The Labute approximate surface area is 133 Å². The first-order valence-electron chi connectivity index (χ1n) is 8.68. The normalized spacial score (nSPS) is 23.0. The van der Waals surface area contributed by atoms with Gasteiger partial charge in [0.05, 0.1) is 12.6 Å². The lowest BCUT2D eigenvalue weighted by Crippen LogP contribution is -2.42. The zero-order valence-electron chi connectivity index (χ0n) is 13.6. The SMILES string of the molecule is CN(CC1CCCC1)c1cc(N2CCCCC2CO)ncn1. The molecule has 5 nitrogen and oxygen atoms in total. The summed E-state index contributed by atoms with van der Waals surface area (Å²) in [6.45, 7) is 2.27. The molecule has 2 heterocycles. The summed E-state index contributed by atoms with van der Waals surface area (Å²) in [5.41, 5.74) is 0. The molecule has 0 bridgehead atoms. The molecule has 0 amide bonds. The molecule has 1 aliphatic carbocycles. The van der Waals surface area contributed by atoms with Gasteiger partial charge in [0.15, 0.2) is 0 Å². The molecule has 5 heteroatoms. The number of hydrogen-bond acceptors (Lipinski definition) is 5. The third-order valence-electron chi connectivity index (χ3n) is 5.17. The van der Waals surface area contributed by atoms with Crippen LogP contribution in [0.1, 0.15) is 44.9 Å². The Morgan fingerprint density at radius 3 is 2.73 bits per heavy atom. The quantitative estimate of drug-likeness (QED) is 0.905. The van der Waals surface area contributed by atoms with E-state index >= 15 is 0 Å². The molecule has 22 heavy (non-hydrogen) atoms. The molecule has 0 aromatic carbocycles. The van der Waals surface area contributed by atoms with Crippen LogP contribution in [0.15, 0.2) is 12.4 Å². The van der Waals surface area contributed by atoms with Crippen LogP contribution in [0.25, 0.3) is 0 Å². The Balaban J connectivity index is 1.70. The Morgan fingerprint density at radius 2 is 1.95 bits per heavy atom. The number of aliphatic hydroxyl groups is 1. The molecule has 1 aromatic heterocycles. The molecule has 1 N–H and O–H groups in total. The number of hydrogen-bond donors (Lipinski definition) is 1. The fraction of sp³-hybridized carbons (Fsp3) is 0.765. The molecule has 1 aliphatic heterocycles. The van der Waals surface area contributed by atoms with Crippen molar-refractivity contribution >= 4 is 11.6 Å². The zero-order chi connectivity index (χ0) is 15.4. The summed E-state index contributed by atoms with van der Waals surface area (Å²) >= 11 is 0. The lowest BCUT2D eigenvalue weighted by molar-refractivity contribution is 0.239. The third kappa shape index (κ3) is 3.51. The van der Waals surface area contributed by atoms with Gasteiger partial charge in [-0.05, 0) is 38.0 Å². The van der Waals surface area contributed by atoms with Crippen molar-refractivity contribution < 1.29 is 5.11 Å². The van der Waals surface area contributed by atoms with E-state index in [1.54, 1.807) is 6.33 Å². The molecule has 1 saturated carbocycles. The Hall–Kier alpha value is -1.36. The van der Waals surface area contributed by atoms with E-state index in [1.807, 2.05) is 0 Å². The summed E-state index contributed by atoms with van der Waals surface area (Å²) in [5.74, 6) is 2.77. The van der Waals surface area contributed by atoms with E-state index in [2.05, 4.69) is 32.9 Å².